The Labute approximate surface area is 70.4 Å². The lowest BCUT2D eigenvalue weighted by Gasteiger charge is -2.18. The summed E-state index contributed by atoms with van der Waals surface area (Å²) in [4.78, 5) is 9.71. The van der Waals surface area contributed by atoms with Gasteiger partial charge >= 0.3 is 24.4 Å². The number of esters is 1. The first-order valence-electron chi connectivity index (χ1n) is 2.62. The fourth-order valence-electron chi connectivity index (χ4n) is 0.285. The van der Waals surface area contributed by atoms with Crippen molar-refractivity contribution in [3.05, 3.63) is 0 Å². The molecule has 0 aliphatic heterocycles. The van der Waals surface area contributed by atoms with Gasteiger partial charge in [-0.1, -0.05) is 0 Å². The van der Waals surface area contributed by atoms with Crippen LogP contribution in [0.25, 0.3) is 0 Å². The Morgan fingerprint density at radius 1 is 0.857 bits per heavy atom. The molecule has 10 heteroatoms. The fourth-order valence-corrected chi connectivity index (χ4v) is 0.285. The maximum atomic E-state index is 11.8. The Hall–Kier alpha value is -1.09. The van der Waals surface area contributed by atoms with Crippen LogP contribution in [0.1, 0.15) is 0 Å². The van der Waals surface area contributed by atoms with Gasteiger partial charge in [-0.2, -0.15) is 22.0 Å². The van der Waals surface area contributed by atoms with Crippen LogP contribution in [-0.4, -0.2) is 24.4 Å². The summed E-state index contributed by atoms with van der Waals surface area (Å²) in [6, 6.07) is 0. The number of carbonyl (C=O) groups excluding carboxylic acids is 1. The van der Waals surface area contributed by atoms with E-state index in [1.807, 2.05) is 4.74 Å². The Kier molecular flexibility index (Phi) is 2.99. The number of halogens is 8. The zero-order chi connectivity index (χ0) is 11.8. The van der Waals surface area contributed by atoms with Crippen molar-refractivity contribution in [1.82, 2.24) is 0 Å². The normalized spacial score (nSPS) is 14.0. The molecule has 0 heterocycles. The lowest BCUT2D eigenvalue weighted by molar-refractivity contribution is -0.336. The van der Waals surface area contributed by atoms with Crippen molar-refractivity contribution in [1.29, 1.82) is 0 Å². The summed E-state index contributed by atoms with van der Waals surface area (Å²) in [5, 5.41) is 0. The number of alkyl halides is 8. The molecular formula is C4F8O2. The van der Waals surface area contributed by atoms with Crippen LogP contribution >= 0.6 is 0 Å². The molecule has 0 rings (SSSR count). The third kappa shape index (κ3) is 3.00. The molecule has 0 fully saturated rings. The SMILES string of the molecule is O=C(OC(F)(F)F)C(F)(F)C(F)(F)F. The van der Waals surface area contributed by atoms with Gasteiger partial charge in [-0.25, -0.2) is 4.79 Å². The first-order chi connectivity index (χ1) is 5.88. The molecule has 14 heavy (non-hydrogen) atoms. The van der Waals surface area contributed by atoms with Crippen molar-refractivity contribution in [3.63, 3.8) is 0 Å². The number of rotatable bonds is 1. The van der Waals surface area contributed by atoms with Crippen LogP contribution in [0.4, 0.5) is 35.1 Å². The van der Waals surface area contributed by atoms with E-state index in [1.165, 1.54) is 0 Å². The van der Waals surface area contributed by atoms with Crippen LogP contribution in [0.3, 0.4) is 0 Å². The second kappa shape index (κ2) is 3.24. The van der Waals surface area contributed by atoms with Gasteiger partial charge in [0, 0.05) is 0 Å². The maximum Gasteiger partial charge on any atom is 0.575 e. The second-order valence-electron chi connectivity index (χ2n) is 1.91. The molecule has 0 radical (unpaired) electrons. The molecule has 0 aliphatic rings. The fraction of sp³-hybridized carbons (Fsp3) is 0.750. The number of hydrogen-bond donors (Lipinski definition) is 0. The van der Waals surface area contributed by atoms with Gasteiger partial charge in [-0.05, 0) is 0 Å². The van der Waals surface area contributed by atoms with Crippen LogP contribution < -0.4 is 0 Å². The third-order valence-electron chi connectivity index (χ3n) is 0.821. The topological polar surface area (TPSA) is 26.3 Å². The highest BCUT2D eigenvalue weighted by atomic mass is 19.4. The minimum absolute atomic E-state index is 1.92. The molecule has 0 N–H and O–H groups in total. The molecule has 84 valence electrons. The van der Waals surface area contributed by atoms with Crippen LogP contribution in [0.15, 0.2) is 0 Å². The van der Waals surface area contributed by atoms with E-state index in [-0.39, 0.29) is 0 Å². The van der Waals surface area contributed by atoms with E-state index in [0.717, 1.165) is 0 Å². The molecule has 0 aliphatic carbocycles. The molecule has 2 nitrogen and oxygen atoms in total. The van der Waals surface area contributed by atoms with Gasteiger partial charge in [0.1, 0.15) is 0 Å². The Balaban J connectivity index is 4.70. The molecule has 0 aromatic carbocycles. The molecular weight excluding hydrogens is 232 g/mol. The van der Waals surface area contributed by atoms with E-state index in [0.29, 0.717) is 0 Å². The highest BCUT2D eigenvalue weighted by Crippen LogP contribution is 2.37. The summed E-state index contributed by atoms with van der Waals surface area (Å²) in [7, 11) is 0. The molecule has 0 aromatic heterocycles. The van der Waals surface area contributed by atoms with E-state index in [4.69, 9.17) is 0 Å². The van der Waals surface area contributed by atoms with E-state index in [2.05, 4.69) is 0 Å². The van der Waals surface area contributed by atoms with Gasteiger partial charge in [-0.15, -0.1) is 13.2 Å². The summed E-state index contributed by atoms with van der Waals surface area (Å²) >= 11 is 0. The van der Waals surface area contributed by atoms with Gasteiger partial charge in [0.25, 0.3) is 0 Å². The predicted octanol–water partition coefficient (Wildman–Crippen LogP) is 2.25. The van der Waals surface area contributed by atoms with Gasteiger partial charge in [0.2, 0.25) is 0 Å². The molecule has 0 saturated carbocycles. The number of carbonyl (C=O) groups is 1. The summed E-state index contributed by atoms with van der Waals surface area (Å²) in [5.41, 5.74) is 0. The molecule has 0 saturated heterocycles. The molecule has 0 aromatic rings. The Bertz CT molecular complexity index is 224. The van der Waals surface area contributed by atoms with Crippen LogP contribution in [0.5, 0.6) is 0 Å². The van der Waals surface area contributed by atoms with Crippen LogP contribution in [0, 0.1) is 0 Å². The molecule has 0 atom stereocenters. The van der Waals surface area contributed by atoms with Crippen molar-refractivity contribution >= 4 is 5.97 Å². The lowest BCUT2D eigenvalue weighted by Crippen LogP contribution is -2.46. The Morgan fingerprint density at radius 3 is 1.43 bits per heavy atom. The van der Waals surface area contributed by atoms with Gasteiger partial charge < -0.3 is 4.74 Å². The molecule has 0 bridgehead atoms. The molecule has 0 unspecified atom stereocenters. The minimum atomic E-state index is -6.42. The maximum absolute atomic E-state index is 11.8. The Morgan fingerprint density at radius 2 is 1.21 bits per heavy atom. The lowest BCUT2D eigenvalue weighted by atomic mass is 10.3. The summed E-state index contributed by atoms with van der Waals surface area (Å²) in [5.74, 6) is -9.89. The number of ether oxygens (including phenoxy) is 1. The minimum Gasteiger partial charge on any atom is -0.368 e. The summed E-state index contributed by atoms with van der Waals surface area (Å²) in [6.45, 7) is 0. The first kappa shape index (κ1) is 12.9. The van der Waals surface area contributed by atoms with Crippen molar-refractivity contribution in [3.8, 4) is 0 Å². The largest absolute Gasteiger partial charge is 0.575 e. The zero-order valence-corrected chi connectivity index (χ0v) is 5.84. The third-order valence-corrected chi connectivity index (χ3v) is 0.821. The quantitative estimate of drug-likeness (QED) is 0.512. The average Bonchev–Trinajstić information content (AvgIpc) is 1.80. The van der Waals surface area contributed by atoms with E-state index < -0.39 is 24.4 Å². The number of hydrogen-bond acceptors (Lipinski definition) is 2. The van der Waals surface area contributed by atoms with Crippen LogP contribution in [0.2, 0.25) is 0 Å². The average molecular weight is 232 g/mol. The van der Waals surface area contributed by atoms with E-state index >= 15 is 0 Å². The monoisotopic (exact) mass is 232 g/mol. The molecule has 0 spiro atoms. The summed E-state index contributed by atoms with van der Waals surface area (Å²) in [6.07, 6.45) is -12.3. The van der Waals surface area contributed by atoms with Gasteiger partial charge in [0.05, 0.1) is 0 Å². The van der Waals surface area contributed by atoms with Crippen molar-refractivity contribution < 1.29 is 44.7 Å². The van der Waals surface area contributed by atoms with Crippen LogP contribution in [-0.2, 0) is 9.53 Å². The highest BCUT2D eigenvalue weighted by Gasteiger charge is 2.66. The van der Waals surface area contributed by atoms with Gasteiger partial charge in [-0.3, -0.25) is 0 Å². The first-order valence-corrected chi connectivity index (χ1v) is 2.62. The van der Waals surface area contributed by atoms with Crippen molar-refractivity contribution in [2.75, 3.05) is 0 Å². The van der Waals surface area contributed by atoms with E-state index in [1.54, 1.807) is 0 Å². The summed E-state index contributed by atoms with van der Waals surface area (Å²) < 4.78 is 92.4. The standard InChI is InChI=1S/C4F8O2/c5-2(6,3(7,8)9)1(13)14-4(10,11)12. The smallest absolute Gasteiger partial charge is 0.368 e. The molecule has 0 amide bonds. The van der Waals surface area contributed by atoms with Crippen molar-refractivity contribution in [2.45, 2.75) is 18.5 Å². The van der Waals surface area contributed by atoms with Crippen molar-refractivity contribution in [2.24, 2.45) is 0 Å². The second-order valence-corrected chi connectivity index (χ2v) is 1.91. The predicted molar refractivity (Wildman–Crippen MR) is 23.1 cm³/mol. The van der Waals surface area contributed by atoms with E-state index in [9.17, 15) is 39.9 Å². The highest BCUT2D eigenvalue weighted by molar-refractivity contribution is 5.78. The zero-order valence-electron chi connectivity index (χ0n) is 5.84. The van der Waals surface area contributed by atoms with Gasteiger partial charge in [0.15, 0.2) is 0 Å².